The van der Waals surface area contributed by atoms with Gasteiger partial charge >= 0.3 is 0 Å². The van der Waals surface area contributed by atoms with Gasteiger partial charge in [0.25, 0.3) is 0 Å². The third-order valence-electron chi connectivity index (χ3n) is 4.23. The lowest BCUT2D eigenvalue weighted by Crippen LogP contribution is -2.46. The van der Waals surface area contributed by atoms with Gasteiger partial charge in [0.2, 0.25) is 5.91 Å². The van der Waals surface area contributed by atoms with Gasteiger partial charge in [-0.1, -0.05) is 38.1 Å². The van der Waals surface area contributed by atoms with Crippen molar-refractivity contribution in [2.75, 3.05) is 19.8 Å². The van der Waals surface area contributed by atoms with Crippen LogP contribution in [0.15, 0.2) is 61.6 Å². The van der Waals surface area contributed by atoms with Crippen molar-refractivity contribution in [1.82, 2.24) is 19.3 Å². The molecule has 6 nitrogen and oxygen atoms in total. The summed E-state index contributed by atoms with van der Waals surface area (Å²) >= 11 is 5.86. The average Bonchev–Trinajstić information content (AvgIpc) is 3.23. The molecule has 4 rings (SSSR count). The highest BCUT2D eigenvalue weighted by Crippen LogP contribution is 2.19. The van der Waals surface area contributed by atoms with Crippen molar-refractivity contribution in [3.63, 3.8) is 0 Å². The van der Waals surface area contributed by atoms with Crippen LogP contribution in [0, 0.1) is 0 Å². The summed E-state index contributed by atoms with van der Waals surface area (Å²) in [6.45, 7) is 11.4. The molecule has 1 amide bonds. The van der Waals surface area contributed by atoms with Gasteiger partial charge in [-0.2, -0.15) is 0 Å². The van der Waals surface area contributed by atoms with Gasteiger partial charge in [0.15, 0.2) is 0 Å². The maximum atomic E-state index is 11.1. The molecule has 4 heterocycles. The van der Waals surface area contributed by atoms with E-state index in [2.05, 4.69) is 16.5 Å². The highest BCUT2D eigenvalue weighted by Gasteiger charge is 2.21. The topological polar surface area (TPSA) is 59.7 Å². The maximum absolute atomic E-state index is 11.1. The zero-order valence-electron chi connectivity index (χ0n) is 17.1. The summed E-state index contributed by atoms with van der Waals surface area (Å²) in [5.74, 6) is 0.000741. The molecule has 3 aromatic heterocycles. The Balaban J connectivity index is 0.000000203. The van der Waals surface area contributed by atoms with Crippen LogP contribution >= 0.6 is 11.6 Å². The van der Waals surface area contributed by atoms with Crippen LogP contribution in [0.3, 0.4) is 0 Å². The molecule has 0 spiro atoms. The van der Waals surface area contributed by atoms with Crippen LogP contribution in [0.2, 0.25) is 5.15 Å². The molecule has 1 aliphatic rings. The van der Waals surface area contributed by atoms with Crippen molar-refractivity contribution < 1.29 is 9.53 Å². The maximum Gasteiger partial charge on any atom is 0.246 e. The van der Waals surface area contributed by atoms with E-state index in [-0.39, 0.29) is 11.9 Å². The van der Waals surface area contributed by atoms with E-state index in [1.54, 1.807) is 17.2 Å². The number of aromatic nitrogens is 3. The van der Waals surface area contributed by atoms with Gasteiger partial charge < -0.3 is 14.0 Å². The Morgan fingerprint density at radius 3 is 2.79 bits per heavy atom. The predicted molar refractivity (Wildman–Crippen MR) is 117 cm³/mol. The van der Waals surface area contributed by atoms with E-state index in [0.29, 0.717) is 24.9 Å². The number of imidazole rings is 1. The van der Waals surface area contributed by atoms with Crippen LogP contribution < -0.4 is 0 Å². The molecule has 0 aromatic carbocycles. The van der Waals surface area contributed by atoms with Gasteiger partial charge in [-0.15, -0.1) is 0 Å². The molecule has 0 bridgehead atoms. The number of ether oxygens (including phenoxy) is 1. The van der Waals surface area contributed by atoms with Gasteiger partial charge in [-0.25, -0.2) is 9.97 Å². The second-order valence-electron chi connectivity index (χ2n) is 6.11. The molecule has 154 valence electrons. The average molecular weight is 415 g/mol. The Hall–Kier alpha value is -2.70. The molecule has 1 fully saturated rings. The van der Waals surface area contributed by atoms with E-state index in [0.717, 1.165) is 16.9 Å². The van der Waals surface area contributed by atoms with Crippen LogP contribution in [-0.4, -0.2) is 51.0 Å². The number of halogens is 1. The molecule has 1 unspecified atom stereocenters. The van der Waals surface area contributed by atoms with Gasteiger partial charge in [0.1, 0.15) is 10.8 Å². The molecule has 29 heavy (non-hydrogen) atoms. The van der Waals surface area contributed by atoms with Crippen LogP contribution in [0.1, 0.15) is 20.8 Å². The van der Waals surface area contributed by atoms with Crippen LogP contribution in [0.5, 0.6) is 0 Å². The number of hydrogen-bond acceptors (Lipinski definition) is 4. The molecule has 0 N–H and O–H groups in total. The SMILES string of the molecule is C=CC(=O)N1CCOCC1C.CC.Clc1cccc(-c2ccn3ccnc3c2)n1. The largest absolute Gasteiger partial charge is 0.377 e. The minimum Gasteiger partial charge on any atom is -0.377 e. The van der Waals surface area contributed by atoms with E-state index in [4.69, 9.17) is 16.3 Å². The number of hydrogen-bond donors (Lipinski definition) is 0. The molecule has 0 radical (unpaired) electrons. The lowest BCUT2D eigenvalue weighted by atomic mass is 10.2. The quantitative estimate of drug-likeness (QED) is 0.457. The summed E-state index contributed by atoms with van der Waals surface area (Å²) in [6.07, 6.45) is 6.98. The standard InChI is InChI=1S/C12H8ClN3.C8H13NO2.C2H6/c13-11-3-1-2-10(15-11)9-4-6-16-7-5-14-12(16)8-9;1-3-8(10)9-4-5-11-6-7(9)2;1-2/h1-8H;3,7H,1,4-6H2,2H3;1-2H3. The smallest absolute Gasteiger partial charge is 0.246 e. The molecule has 7 heteroatoms. The highest BCUT2D eigenvalue weighted by atomic mass is 35.5. The number of amides is 1. The molecular weight excluding hydrogens is 388 g/mol. The van der Waals surface area contributed by atoms with Gasteiger partial charge in [-0.3, -0.25) is 4.79 Å². The van der Waals surface area contributed by atoms with E-state index >= 15 is 0 Å². The Morgan fingerprint density at radius 2 is 2.10 bits per heavy atom. The zero-order chi connectivity index (χ0) is 21.2. The first-order valence-corrected chi connectivity index (χ1v) is 10.0. The first-order chi connectivity index (χ1) is 14.1. The number of pyridine rings is 2. The Labute approximate surface area is 176 Å². The lowest BCUT2D eigenvalue weighted by molar-refractivity contribution is -0.133. The third-order valence-corrected chi connectivity index (χ3v) is 4.44. The van der Waals surface area contributed by atoms with Gasteiger partial charge in [0, 0.05) is 30.7 Å². The van der Waals surface area contributed by atoms with Crippen molar-refractivity contribution in [3.8, 4) is 11.3 Å². The van der Waals surface area contributed by atoms with Gasteiger partial charge in [0.05, 0.1) is 24.9 Å². The molecule has 3 aromatic rings. The second kappa shape index (κ2) is 11.3. The molecule has 1 atom stereocenters. The van der Waals surface area contributed by atoms with Crippen molar-refractivity contribution in [1.29, 1.82) is 0 Å². The van der Waals surface area contributed by atoms with E-state index in [1.165, 1.54) is 6.08 Å². The summed E-state index contributed by atoms with van der Waals surface area (Å²) in [7, 11) is 0. The Bertz CT molecular complexity index is 941. The number of nitrogens with zero attached hydrogens (tertiary/aromatic N) is 4. The van der Waals surface area contributed by atoms with Crippen molar-refractivity contribution in [2.45, 2.75) is 26.8 Å². The summed E-state index contributed by atoms with van der Waals surface area (Å²) < 4.78 is 7.13. The fraction of sp³-hybridized carbons (Fsp3) is 0.318. The van der Waals surface area contributed by atoms with Crippen molar-refractivity contribution in [2.24, 2.45) is 0 Å². The first kappa shape index (κ1) is 22.6. The van der Waals surface area contributed by atoms with E-state index < -0.39 is 0 Å². The minimum absolute atomic E-state index is 0.000741. The Kier molecular flexibility index (Phi) is 8.83. The van der Waals surface area contributed by atoms with Crippen LogP contribution in [0.25, 0.3) is 16.9 Å². The zero-order valence-corrected chi connectivity index (χ0v) is 17.8. The van der Waals surface area contributed by atoms with Crippen molar-refractivity contribution >= 4 is 23.2 Å². The number of carbonyl (C=O) groups excluding carboxylic acids is 1. The summed E-state index contributed by atoms with van der Waals surface area (Å²) in [4.78, 5) is 21.4. The minimum atomic E-state index is 0.000741. The summed E-state index contributed by atoms with van der Waals surface area (Å²) in [6, 6.07) is 9.75. The highest BCUT2D eigenvalue weighted by molar-refractivity contribution is 6.29. The van der Waals surface area contributed by atoms with E-state index in [9.17, 15) is 4.79 Å². The summed E-state index contributed by atoms with van der Waals surface area (Å²) in [5.41, 5.74) is 2.78. The van der Waals surface area contributed by atoms with Crippen LogP contribution in [-0.2, 0) is 9.53 Å². The third kappa shape index (κ3) is 6.14. The number of carbonyl (C=O) groups is 1. The van der Waals surface area contributed by atoms with Crippen molar-refractivity contribution in [3.05, 3.63) is 66.7 Å². The first-order valence-electron chi connectivity index (χ1n) is 9.65. The molecule has 0 aliphatic carbocycles. The Morgan fingerprint density at radius 1 is 1.31 bits per heavy atom. The second-order valence-corrected chi connectivity index (χ2v) is 6.50. The summed E-state index contributed by atoms with van der Waals surface area (Å²) in [5, 5.41) is 0.501. The van der Waals surface area contributed by atoms with E-state index in [1.807, 2.05) is 61.8 Å². The predicted octanol–water partition coefficient (Wildman–Crippen LogP) is 4.50. The number of morpholine rings is 1. The lowest BCUT2D eigenvalue weighted by Gasteiger charge is -2.32. The normalized spacial score (nSPS) is 15.6. The fourth-order valence-electron chi connectivity index (χ4n) is 2.81. The number of rotatable bonds is 2. The fourth-order valence-corrected chi connectivity index (χ4v) is 2.97. The molecular formula is C22H27ClN4O2. The molecule has 1 saturated heterocycles. The molecule has 1 aliphatic heterocycles. The molecule has 0 saturated carbocycles. The monoisotopic (exact) mass is 414 g/mol. The number of fused-ring (bicyclic) bond motifs is 1. The van der Waals surface area contributed by atoms with Gasteiger partial charge in [-0.05, 0) is 37.3 Å². The van der Waals surface area contributed by atoms with Crippen LogP contribution in [0.4, 0.5) is 0 Å².